The van der Waals surface area contributed by atoms with Crippen LogP contribution in [0, 0.1) is 0 Å². The topological polar surface area (TPSA) is 32.7 Å². The highest BCUT2D eigenvalue weighted by atomic mass is 19.4. The molecular weight excluding hydrogens is 293 g/mol. The molecule has 1 aromatic carbocycles. The summed E-state index contributed by atoms with van der Waals surface area (Å²) >= 11 is 0. The molecule has 0 bridgehead atoms. The zero-order valence-corrected chi connectivity index (χ0v) is 11.8. The Bertz CT molecular complexity index is 699. The summed E-state index contributed by atoms with van der Waals surface area (Å²) in [5.41, 5.74) is 0.607. The van der Waals surface area contributed by atoms with E-state index in [1.807, 2.05) is 6.92 Å². The van der Waals surface area contributed by atoms with Crippen LogP contribution in [0.2, 0.25) is 0 Å². The lowest BCUT2D eigenvalue weighted by Crippen LogP contribution is -2.31. The molecule has 1 aromatic rings. The molecule has 0 radical (unpaired) electrons. The van der Waals surface area contributed by atoms with Gasteiger partial charge in [0.15, 0.2) is 0 Å². The van der Waals surface area contributed by atoms with Crippen LogP contribution in [0.3, 0.4) is 0 Å². The number of carbonyl (C=O) groups excluding carboxylic acids is 1. The summed E-state index contributed by atoms with van der Waals surface area (Å²) in [6.45, 7) is 1.88. The van der Waals surface area contributed by atoms with Gasteiger partial charge in [-0.1, -0.05) is 19.1 Å². The number of nitrogens with zero attached hydrogens (tertiary/aromatic N) is 2. The van der Waals surface area contributed by atoms with E-state index in [2.05, 4.69) is 4.99 Å². The molecule has 0 fully saturated rings. The van der Waals surface area contributed by atoms with Crippen molar-refractivity contribution in [2.24, 2.45) is 4.99 Å². The third kappa shape index (κ3) is 2.45. The van der Waals surface area contributed by atoms with Gasteiger partial charge in [0.2, 0.25) is 0 Å². The molecule has 0 saturated heterocycles. The van der Waals surface area contributed by atoms with Gasteiger partial charge in [-0.3, -0.25) is 14.7 Å². The lowest BCUT2D eigenvalue weighted by molar-refractivity contribution is -0.137. The van der Waals surface area contributed by atoms with Gasteiger partial charge in [-0.05, 0) is 41.8 Å². The number of carbonyl (C=O) groups is 1. The van der Waals surface area contributed by atoms with Crippen LogP contribution in [0.25, 0.3) is 5.57 Å². The molecule has 6 heteroatoms. The van der Waals surface area contributed by atoms with Gasteiger partial charge < -0.3 is 0 Å². The largest absolute Gasteiger partial charge is 0.416 e. The van der Waals surface area contributed by atoms with E-state index in [1.165, 1.54) is 17.0 Å². The second kappa shape index (κ2) is 5.12. The maximum Gasteiger partial charge on any atom is 0.416 e. The third-order valence-corrected chi connectivity index (χ3v) is 3.67. The number of allylic oxidation sites excluding steroid dienone is 2. The molecule has 114 valence electrons. The predicted molar refractivity (Wildman–Crippen MR) is 76.9 cm³/mol. The summed E-state index contributed by atoms with van der Waals surface area (Å²) in [6, 6.07) is 4.50. The molecule has 1 amide bonds. The van der Waals surface area contributed by atoms with E-state index in [0.717, 1.165) is 12.1 Å². The van der Waals surface area contributed by atoms with Crippen molar-refractivity contribution in [2.45, 2.75) is 25.6 Å². The monoisotopic (exact) mass is 306 g/mol. The number of aliphatic imine (C=N–C) groups is 1. The number of amidine groups is 1. The number of hydrogen-bond donors (Lipinski definition) is 0. The first kappa shape index (κ1) is 14.6. The number of rotatable bonds is 2. The Morgan fingerprint density at radius 2 is 1.86 bits per heavy atom. The summed E-state index contributed by atoms with van der Waals surface area (Å²) in [7, 11) is 0. The SMILES string of the molecule is CCC1N=C2C=CC(c3ccc(C(F)(F)F)cc3)=CN2C1=O. The van der Waals surface area contributed by atoms with Crippen LogP contribution < -0.4 is 0 Å². The fourth-order valence-electron chi connectivity index (χ4n) is 2.44. The van der Waals surface area contributed by atoms with Crippen molar-refractivity contribution < 1.29 is 18.0 Å². The summed E-state index contributed by atoms with van der Waals surface area (Å²) in [5, 5.41) is 0. The molecule has 0 aromatic heterocycles. The van der Waals surface area contributed by atoms with Crippen molar-refractivity contribution in [1.82, 2.24) is 4.90 Å². The van der Waals surface area contributed by atoms with Gasteiger partial charge in [-0.15, -0.1) is 0 Å². The molecule has 2 heterocycles. The number of alkyl halides is 3. The van der Waals surface area contributed by atoms with Crippen LogP contribution in [-0.4, -0.2) is 22.7 Å². The highest BCUT2D eigenvalue weighted by Gasteiger charge is 2.33. The Labute approximate surface area is 125 Å². The minimum atomic E-state index is -4.35. The number of amides is 1. The van der Waals surface area contributed by atoms with Crippen molar-refractivity contribution in [3.8, 4) is 0 Å². The fraction of sp³-hybridized carbons (Fsp3) is 0.250. The Morgan fingerprint density at radius 1 is 1.18 bits per heavy atom. The van der Waals surface area contributed by atoms with Gasteiger partial charge in [-0.25, -0.2) is 0 Å². The van der Waals surface area contributed by atoms with E-state index >= 15 is 0 Å². The van der Waals surface area contributed by atoms with Gasteiger partial charge in [0.05, 0.1) is 5.56 Å². The van der Waals surface area contributed by atoms with Gasteiger partial charge in [0.1, 0.15) is 11.9 Å². The van der Waals surface area contributed by atoms with Crippen LogP contribution in [0.4, 0.5) is 13.2 Å². The lowest BCUT2D eigenvalue weighted by Gasteiger charge is -2.18. The molecule has 22 heavy (non-hydrogen) atoms. The molecule has 2 aliphatic heterocycles. The third-order valence-electron chi connectivity index (χ3n) is 3.67. The molecular formula is C16H13F3N2O. The van der Waals surface area contributed by atoms with Gasteiger partial charge in [0, 0.05) is 6.20 Å². The average molecular weight is 306 g/mol. The number of halogens is 3. The first-order valence-electron chi connectivity index (χ1n) is 6.88. The van der Waals surface area contributed by atoms with Crippen molar-refractivity contribution in [3.63, 3.8) is 0 Å². The lowest BCUT2D eigenvalue weighted by atomic mass is 10.0. The second-order valence-electron chi connectivity index (χ2n) is 5.11. The maximum absolute atomic E-state index is 12.6. The first-order chi connectivity index (χ1) is 10.4. The van der Waals surface area contributed by atoms with Crippen LogP contribution in [-0.2, 0) is 11.0 Å². The quantitative estimate of drug-likeness (QED) is 0.821. The van der Waals surface area contributed by atoms with Crippen LogP contribution in [0.15, 0.2) is 47.6 Å². The molecule has 0 saturated carbocycles. The Kier molecular flexibility index (Phi) is 3.39. The fourth-order valence-corrected chi connectivity index (χ4v) is 2.44. The van der Waals surface area contributed by atoms with Crippen LogP contribution in [0.1, 0.15) is 24.5 Å². The summed E-state index contributed by atoms with van der Waals surface area (Å²) in [5.74, 6) is 0.471. The smallest absolute Gasteiger partial charge is 0.272 e. The average Bonchev–Trinajstić information content (AvgIpc) is 2.82. The Balaban J connectivity index is 1.88. The van der Waals surface area contributed by atoms with Gasteiger partial charge in [-0.2, -0.15) is 13.2 Å². The Hall–Kier alpha value is -2.37. The predicted octanol–water partition coefficient (Wildman–Crippen LogP) is 3.64. The minimum Gasteiger partial charge on any atom is -0.272 e. The van der Waals surface area contributed by atoms with Crippen molar-refractivity contribution in [2.75, 3.05) is 0 Å². The second-order valence-corrected chi connectivity index (χ2v) is 5.11. The standard InChI is InChI=1S/C16H13F3N2O/c1-2-13-15(22)21-9-11(5-8-14(21)20-13)10-3-6-12(7-4-10)16(17,18)19/h3-9,13H,2H2,1H3. The van der Waals surface area contributed by atoms with Crippen LogP contribution >= 0.6 is 0 Å². The molecule has 3 nitrogen and oxygen atoms in total. The first-order valence-corrected chi connectivity index (χ1v) is 6.88. The van der Waals surface area contributed by atoms with Crippen LogP contribution in [0.5, 0.6) is 0 Å². The van der Waals surface area contributed by atoms with E-state index in [0.29, 0.717) is 23.4 Å². The highest BCUT2D eigenvalue weighted by molar-refractivity contribution is 6.14. The van der Waals surface area contributed by atoms with E-state index < -0.39 is 11.7 Å². The summed E-state index contributed by atoms with van der Waals surface area (Å²) in [4.78, 5) is 17.9. The number of benzene rings is 1. The normalized spacial score (nSPS) is 20.8. The van der Waals surface area contributed by atoms with E-state index in [4.69, 9.17) is 0 Å². The molecule has 1 unspecified atom stereocenters. The summed E-state index contributed by atoms with van der Waals surface area (Å²) in [6.07, 6.45) is 1.35. The van der Waals surface area contributed by atoms with E-state index in [1.54, 1.807) is 18.4 Å². The van der Waals surface area contributed by atoms with Crippen molar-refractivity contribution >= 4 is 17.3 Å². The molecule has 0 aliphatic carbocycles. The molecule has 0 N–H and O–H groups in total. The zero-order valence-electron chi connectivity index (χ0n) is 11.8. The molecule has 3 rings (SSSR count). The van der Waals surface area contributed by atoms with Gasteiger partial charge >= 0.3 is 6.18 Å². The van der Waals surface area contributed by atoms with Gasteiger partial charge in [0.25, 0.3) is 5.91 Å². The minimum absolute atomic E-state index is 0.105. The number of fused-ring (bicyclic) bond motifs is 1. The number of hydrogen-bond acceptors (Lipinski definition) is 2. The van der Waals surface area contributed by atoms with Crippen molar-refractivity contribution in [1.29, 1.82) is 0 Å². The molecule has 2 aliphatic rings. The molecule has 0 spiro atoms. The molecule has 1 atom stereocenters. The highest BCUT2D eigenvalue weighted by Crippen LogP contribution is 2.31. The van der Waals surface area contributed by atoms with E-state index in [9.17, 15) is 18.0 Å². The Morgan fingerprint density at radius 3 is 2.45 bits per heavy atom. The maximum atomic E-state index is 12.6. The van der Waals surface area contributed by atoms with Crippen molar-refractivity contribution in [3.05, 3.63) is 53.7 Å². The van der Waals surface area contributed by atoms with E-state index in [-0.39, 0.29) is 11.9 Å². The summed E-state index contributed by atoms with van der Waals surface area (Å²) < 4.78 is 37.7. The zero-order chi connectivity index (χ0) is 15.9.